The number of carboxylic acids is 3. The summed E-state index contributed by atoms with van der Waals surface area (Å²) in [6.07, 6.45) is -0.462. The molecule has 0 aliphatic heterocycles. The molecule has 20 heteroatoms. The maximum atomic E-state index is 14.2. The summed E-state index contributed by atoms with van der Waals surface area (Å²) in [5.41, 5.74) is 0.353. The number of aryl methyl sites for hydroxylation is 1. The molecule has 1 aromatic carbocycles. The third kappa shape index (κ3) is 20.0. The van der Waals surface area contributed by atoms with Gasteiger partial charge in [0.05, 0.1) is 18.9 Å². The van der Waals surface area contributed by atoms with E-state index in [0.29, 0.717) is 24.0 Å². The number of hydrogen-bond acceptors (Lipinski definition) is 11. The average molecular weight is 865 g/mol. The summed E-state index contributed by atoms with van der Waals surface area (Å²) in [6, 6.07) is -1.18. The molecule has 0 heterocycles. The number of aldehydes is 1. The third-order valence-corrected chi connectivity index (χ3v) is 9.72. The van der Waals surface area contributed by atoms with Gasteiger partial charge in [0.1, 0.15) is 36.5 Å². The van der Waals surface area contributed by atoms with Gasteiger partial charge in [0.15, 0.2) is 0 Å². The highest BCUT2D eigenvalue weighted by Gasteiger charge is 2.38. The standard InChI is InChI=1S/C40H60N6O13S/c1-22(2)18-27(36(56)41-25(21-47)16-17-60-7)45-39(59)34(40(4,5)6)46-38(58)28(19-24-11-9-8-10-23(24)3)44-35(55)26(12-14-31(49)50)43-37(57)29(20-33(53)54)42-30(48)13-15-32(51)52/h8-11,21-22,25-29,34H,12-20H2,1-7H3,(H,41,56)(H,42,48)(H,43,57)(H,44,55)(H,45,59)(H,46,58)(H,49,50)(H,51,52)(H,53,54)/t25?,26-,27-,28-,29-,34+/m0/s1. The van der Waals surface area contributed by atoms with Gasteiger partial charge in [-0.25, -0.2) is 0 Å². The molecule has 0 saturated heterocycles. The lowest BCUT2D eigenvalue weighted by Gasteiger charge is -2.33. The number of carbonyl (C=O) groups is 10. The minimum atomic E-state index is -1.79. The van der Waals surface area contributed by atoms with E-state index < -0.39 is 127 Å². The number of rotatable bonds is 27. The van der Waals surface area contributed by atoms with Gasteiger partial charge in [-0.3, -0.25) is 43.2 Å². The molecule has 60 heavy (non-hydrogen) atoms. The summed E-state index contributed by atoms with van der Waals surface area (Å²) in [7, 11) is 0. The van der Waals surface area contributed by atoms with E-state index >= 15 is 0 Å². The van der Waals surface area contributed by atoms with E-state index in [1.54, 1.807) is 52.0 Å². The predicted molar refractivity (Wildman–Crippen MR) is 220 cm³/mol. The molecular weight excluding hydrogens is 805 g/mol. The molecule has 0 aliphatic rings. The Morgan fingerprint density at radius 1 is 0.667 bits per heavy atom. The first-order chi connectivity index (χ1) is 28.0. The summed E-state index contributed by atoms with van der Waals surface area (Å²) >= 11 is 1.50. The van der Waals surface area contributed by atoms with Crippen molar-refractivity contribution in [2.75, 3.05) is 12.0 Å². The van der Waals surface area contributed by atoms with Crippen LogP contribution in [0.25, 0.3) is 0 Å². The van der Waals surface area contributed by atoms with Crippen molar-refractivity contribution >= 4 is 71.4 Å². The van der Waals surface area contributed by atoms with Gasteiger partial charge >= 0.3 is 17.9 Å². The Kier molecular flexibility index (Phi) is 22.6. The van der Waals surface area contributed by atoms with Crippen LogP contribution in [0.4, 0.5) is 0 Å². The van der Waals surface area contributed by atoms with Crippen LogP contribution < -0.4 is 31.9 Å². The Morgan fingerprint density at radius 3 is 1.75 bits per heavy atom. The van der Waals surface area contributed by atoms with Gasteiger partial charge in [-0.05, 0) is 60.7 Å². The first kappa shape index (κ1) is 52.5. The van der Waals surface area contributed by atoms with Crippen molar-refractivity contribution in [1.29, 1.82) is 0 Å². The summed E-state index contributed by atoms with van der Waals surface area (Å²) in [6.45, 7) is 10.4. The van der Waals surface area contributed by atoms with E-state index in [4.69, 9.17) is 5.11 Å². The molecular formula is C40H60N6O13S. The normalized spacial score (nSPS) is 14.2. The van der Waals surface area contributed by atoms with E-state index in [0.717, 1.165) is 5.56 Å². The van der Waals surface area contributed by atoms with Crippen LogP contribution in [-0.4, -0.2) is 123 Å². The fourth-order valence-corrected chi connectivity index (χ4v) is 6.29. The number of thioether (sulfide) groups is 1. The smallest absolute Gasteiger partial charge is 0.305 e. The largest absolute Gasteiger partial charge is 0.481 e. The molecule has 1 unspecified atom stereocenters. The Hall–Kier alpha value is -5.53. The lowest BCUT2D eigenvalue weighted by Crippen LogP contribution is -2.62. The molecule has 0 saturated carbocycles. The topological polar surface area (TPSA) is 304 Å². The van der Waals surface area contributed by atoms with Gasteiger partial charge in [-0.1, -0.05) is 58.9 Å². The number of hydrogen-bond donors (Lipinski definition) is 9. The van der Waals surface area contributed by atoms with Crippen LogP contribution in [0, 0.1) is 18.3 Å². The number of amides is 6. The fourth-order valence-electron chi connectivity index (χ4n) is 5.80. The zero-order valence-corrected chi connectivity index (χ0v) is 35.9. The van der Waals surface area contributed by atoms with Crippen molar-refractivity contribution in [2.24, 2.45) is 11.3 Å². The van der Waals surface area contributed by atoms with Gasteiger partial charge in [0, 0.05) is 19.3 Å². The first-order valence-electron chi connectivity index (χ1n) is 19.4. The molecule has 6 atom stereocenters. The molecule has 334 valence electrons. The van der Waals surface area contributed by atoms with Crippen molar-refractivity contribution in [3.05, 3.63) is 35.4 Å². The molecule has 1 aromatic rings. The zero-order valence-electron chi connectivity index (χ0n) is 35.1. The Labute approximate surface area is 353 Å². The molecule has 6 amide bonds. The van der Waals surface area contributed by atoms with Crippen molar-refractivity contribution in [1.82, 2.24) is 31.9 Å². The predicted octanol–water partition coefficient (Wildman–Crippen LogP) is 0.695. The van der Waals surface area contributed by atoms with Crippen molar-refractivity contribution in [3.63, 3.8) is 0 Å². The molecule has 0 radical (unpaired) electrons. The lowest BCUT2D eigenvalue weighted by atomic mass is 9.85. The number of carbonyl (C=O) groups excluding carboxylic acids is 7. The Morgan fingerprint density at radius 2 is 1.22 bits per heavy atom. The fraction of sp³-hybridized carbons (Fsp3) is 0.600. The van der Waals surface area contributed by atoms with Crippen molar-refractivity contribution in [2.45, 2.75) is 129 Å². The highest BCUT2D eigenvalue weighted by molar-refractivity contribution is 7.98. The summed E-state index contributed by atoms with van der Waals surface area (Å²) in [5.74, 6) is -9.06. The average Bonchev–Trinajstić information content (AvgIpc) is 3.14. The Balaban J connectivity index is 3.54. The summed E-state index contributed by atoms with van der Waals surface area (Å²) < 4.78 is 0. The maximum Gasteiger partial charge on any atom is 0.305 e. The quantitative estimate of drug-likeness (QED) is 0.0551. The number of aliphatic carboxylic acids is 3. The second kappa shape index (κ2) is 25.8. The van der Waals surface area contributed by atoms with E-state index in [1.165, 1.54) is 11.8 Å². The van der Waals surface area contributed by atoms with Crippen LogP contribution in [0.2, 0.25) is 0 Å². The molecule has 0 aromatic heterocycles. The number of carboxylic acid groups (broad SMARTS) is 3. The van der Waals surface area contributed by atoms with E-state index in [-0.39, 0.29) is 18.8 Å². The van der Waals surface area contributed by atoms with Crippen LogP contribution in [0.5, 0.6) is 0 Å². The number of benzene rings is 1. The third-order valence-electron chi connectivity index (χ3n) is 9.07. The van der Waals surface area contributed by atoms with Crippen LogP contribution in [0.1, 0.15) is 90.7 Å². The second-order valence-corrected chi connectivity index (χ2v) is 16.8. The van der Waals surface area contributed by atoms with Gasteiger partial charge in [-0.15, -0.1) is 0 Å². The van der Waals surface area contributed by atoms with Crippen molar-refractivity contribution < 1.29 is 63.3 Å². The van der Waals surface area contributed by atoms with Gasteiger partial charge in [-0.2, -0.15) is 11.8 Å². The number of nitrogens with one attached hydrogen (secondary N) is 6. The highest BCUT2D eigenvalue weighted by Crippen LogP contribution is 2.21. The van der Waals surface area contributed by atoms with Crippen LogP contribution in [0.15, 0.2) is 24.3 Å². The van der Waals surface area contributed by atoms with E-state index in [2.05, 4.69) is 31.9 Å². The SMILES string of the molecule is CSCCC(C=O)NC(=O)[C@H](CC(C)C)NC(=O)[C@@H](NC(=O)[C@H](Cc1ccccc1C)NC(=O)[C@H](CCC(=O)O)NC(=O)[C@H](CC(=O)O)NC(=O)CCC(=O)O)C(C)(C)C. The monoisotopic (exact) mass is 864 g/mol. The molecule has 19 nitrogen and oxygen atoms in total. The van der Waals surface area contributed by atoms with E-state index in [1.807, 2.05) is 20.1 Å². The molecule has 0 bridgehead atoms. The lowest BCUT2D eigenvalue weighted by molar-refractivity contribution is -0.142. The zero-order chi connectivity index (χ0) is 45.7. The first-order valence-corrected chi connectivity index (χ1v) is 20.8. The van der Waals surface area contributed by atoms with Crippen LogP contribution in [-0.2, 0) is 54.4 Å². The van der Waals surface area contributed by atoms with Crippen LogP contribution >= 0.6 is 11.8 Å². The molecule has 9 N–H and O–H groups in total. The minimum Gasteiger partial charge on any atom is -0.481 e. The maximum absolute atomic E-state index is 14.2. The van der Waals surface area contributed by atoms with Crippen molar-refractivity contribution in [3.8, 4) is 0 Å². The molecule has 1 rings (SSSR count). The summed E-state index contributed by atoms with van der Waals surface area (Å²) in [5, 5.41) is 42.7. The summed E-state index contributed by atoms with van der Waals surface area (Å²) in [4.78, 5) is 127. The molecule has 0 aliphatic carbocycles. The molecule has 0 spiro atoms. The Bertz CT molecular complexity index is 1700. The van der Waals surface area contributed by atoms with Crippen LogP contribution in [0.3, 0.4) is 0 Å². The van der Waals surface area contributed by atoms with Gasteiger partial charge < -0.3 is 52.0 Å². The second-order valence-electron chi connectivity index (χ2n) is 15.8. The minimum absolute atomic E-state index is 0.0690. The highest BCUT2D eigenvalue weighted by atomic mass is 32.2. The van der Waals surface area contributed by atoms with Gasteiger partial charge in [0.2, 0.25) is 35.4 Å². The van der Waals surface area contributed by atoms with E-state index in [9.17, 15) is 58.2 Å². The van der Waals surface area contributed by atoms with Gasteiger partial charge in [0.25, 0.3) is 0 Å². The molecule has 0 fully saturated rings.